The Morgan fingerprint density at radius 1 is 1.48 bits per heavy atom. The first-order valence-electron chi connectivity index (χ1n) is 6.15. The summed E-state index contributed by atoms with van der Waals surface area (Å²) in [4.78, 5) is 10.7. The van der Waals surface area contributed by atoms with Crippen LogP contribution in [0.25, 0.3) is 11.4 Å². The van der Waals surface area contributed by atoms with E-state index in [9.17, 15) is 9.18 Å². The summed E-state index contributed by atoms with van der Waals surface area (Å²) < 4.78 is 15.7. The van der Waals surface area contributed by atoms with Crippen molar-refractivity contribution in [3.05, 3.63) is 29.0 Å². The number of aliphatic carboxylic acids is 1. The summed E-state index contributed by atoms with van der Waals surface area (Å²) >= 11 is 6.94. The maximum atomic E-state index is 14.0. The van der Waals surface area contributed by atoms with Crippen molar-refractivity contribution in [2.24, 2.45) is 0 Å². The van der Waals surface area contributed by atoms with Gasteiger partial charge in [-0.05, 0) is 32.0 Å². The second-order valence-electron chi connectivity index (χ2n) is 4.58. The summed E-state index contributed by atoms with van der Waals surface area (Å²) in [7, 11) is 0. The zero-order chi connectivity index (χ0) is 15.6. The zero-order valence-corrected chi connectivity index (χ0v) is 13.0. The number of rotatable bonds is 5. The lowest BCUT2D eigenvalue weighted by Gasteiger charge is -2.13. The molecule has 0 fully saturated rings. The summed E-state index contributed by atoms with van der Waals surface area (Å²) in [5, 5.41) is 17.5. The van der Waals surface area contributed by atoms with E-state index in [4.69, 9.17) is 16.7 Å². The van der Waals surface area contributed by atoms with E-state index < -0.39 is 11.8 Å². The second-order valence-corrected chi connectivity index (χ2v) is 5.96. The van der Waals surface area contributed by atoms with Crippen molar-refractivity contribution in [2.45, 2.75) is 25.0 Å². The molecule has 0 unspecified atom stereocenters. The predicted molar refractivity (Wildman–Crippen MR) is 79.2 cm³/mol. The van der Waals surface area contributed by atoms with E-state index in [1.165, 1.54) is 18.2 Å². The van der Waals surface area contributed by atoms with Gasteiger partial charge in [0.05, 0.1) is 11.3 Å². The van der Waals surface area contributed by atoms with Crippen LogP contribution >= 0.6 is 23.4 Å². The van der Waals surface area contributed by atoms with Crippen LogP contribution in [0.2, 0.25) is 5.02 Å². The lowest BCUT2D eigenvalue weighted by molar-refractivity contribution is -0.133. The van der Waals surface area contributed by atoms with E-state index in [0.717, 1.165) is 11.8 Å². The van der Waals surface area contributed by atoms with E-state index in [-0.39, 0.29) is 17.4 Å². The maximum Gasteiger partial charge on any atom is 0.313 e. The minimum absolute atomic E-state index is 0.0512. The van der Waals surface area contributed by atoms with Gasteiger partial charge >= 0.3 is 5.97 Å². The standard InChI is InChI=1S/C13H13ClFN3O2S/c1-7(2)18-12(9-5-8(14)3-4-10(9)15)16-17-13(18)21-6-11(19)20/h3-5,7H,6H2,1-2H3,(H,19,20). The van der Waals surface area contributed by atoms with Gasteiger partial charge in [-0.25, -0.2) is 4.39 Å². The zero-order valence-electron chi connectivity index (χ0n) is 11.4. The lowest BCUT2D eigenvalue weighted by Crippen LogP contribution is -2.07. The molecule has 0 aliphatic heterocycles. The van der Waals surface area contributed by atoms with Crippen molar-refractivity contribution < 1.29 is 14.3 Å². The van der Waals surface area contributed by atoms with Crippen molar-refractivity contribution in [3.8, 4) is 11.4 Å². The monoisotopic (exact) mass is 329 g/mol. The molecule has 1 aromatic heterocycles. The van der Waals surface area contributed by atoms with Gasteiger partial charge in [0.2, 0.25) is 0 Å². The van der Waals surface area contributed by atoms with Gasteiger partial charge in [-0.2, -0.15) is 0 Å². The molecule has 5 nitrogen and oxygen atoms in total. The van der Waals surface area contributed by atoms with Crippen molar-refractivity contribution in [1.82, 2.24) is 14.8 Å². The van der Waals surface area contributed by atoms with E-state index in [1.807, 2.05) is 13.8 Å². The van der Waals surface area contributed by atoms with Crippen LogP contribution in [0.3, 0.4) is 0 Å². The fourth-order valence-corrected chi connectivity index (χ4v) is 2.78. The van der Waals surface area contributed by atoms with Crippen LogP contribution in [-0.4, -0.2) is 31.6 Å². The number of thioether (sulfide) groups is 1. The topological polar surface area (TPSA) is 68.0 Å². The summed E-state index contributed by atoms with van der Waals surface area (Å²) in [6, 6.07) is 4.15. The molecule has 21 heavy (non-hydrogen) atoms. The third-order valence-electron chi connectivity index (χ3n) is 2.67. The first-order chi connectivity index (χ1) is 9.90. The highest BCUT2D eigenvalue weighted by molar-refractivity contribution is 7.99. The number of carboxylic acids is 1. The predicted octanol–water partition coefficient (Wildman–Crippen LogP) is 3.50. The number of carbonyl (C=O) groups is 1. The number of benzene rings is 1. The Kier molecular flexibility index (Phi) is 4.84. The average Bonchev–Trinajstić information content (AvgIpc) is 2.83. The molecule has 0 spiro atoms. The molecule has 1 heterocycles. The average molecular weight is 330 g/mol. The number of aromatic nitrogens is 3. The summed E-state index contributed by atoms with van der Waals surface area (Å²) in [5.74, 6) is -1.21. The van der Waals surface area contributed by atoms with Gasteiger partial charge in [0, 0.05) is 11.1 Å². The molecule has 1 aromatic carbocycles. The first-order valence-corrected chi connectivity index (χ1v) is 7.51. The van der Waals surface area contributed by atoms with Crippen LogP contribution in [-0.2, 0) is 4.79 Å². The number of halogens is 2. The minimum Gasteiger partial charge on any atom is -0.481 e. The Balaban J connectivity index is 2.49. The fraction of sp³-hybridized carbons (Fsp3) is 0.308. The van der Waals surface area contributed by atoms with Gasteiger partial charge in [0.1, 0.15) is 5.82 Å². The van der Waals surface area contributed by atoms with Crippen LogP contribution in [0.15, 0.2) is 23.4 Å². The Bertz CT molecular complexity index is 675. The normalized spacial score (nSPS) is 11.1. The van der Waals surface area contributed by atoms with E-state index in [2.05, 4.69) is 10.2 Å². The summed E-state index contributed by atoms with van der Waals surface area (Å²) in [5.41, 5.74) is 0.242. The molecule has 0 saturated heterocycles. The molecule has 0 aliphatic carbocycles. The third kappa shape index (κ3) is 3.54. The molecule has 0 aliphatic rings. The molecular weight excluding hydrogens is 317 g/mol. The molecule has 0 saturated carbocycles. The van der Waals surface area contributed by atoms with Crippen LogP contribution in [0.5, 0.6) is 0 Å². The van der Waals surface area contributed by atoms with Crippen LogP contribution in [0, 0.1) is 5.82 Å². The Labute approximate surface area is 130 Å². The highest BCUT2D eigenvalue weighted by atomic mass is 35.5. The summed E-state index contributed by atoms with van der Waals surface area (Å²) in [6.07, 6.45) is 0. The van der Waals surface area contributed by atoms with Gasteiger partial charge in [0.15, 0.2) is 11.0 Å². The Morgan fingerprint density at radius 2 is 2.19 bits per heavy atom. The highest BCUT2D eigenvalue weighted by Gasteiger charge is 2.20. The van der Waals surface area contributed by atoms with Crippen molar-refractivity contribution >= 4 is 29.3 Å². The van der Waals surface area contributed by atoms with Crippen LogP contribution in [0.4, 0.5) is 4.39 Å². The molecule has 0 atom stereocenters. The molecule has 0 radical (unpaired) electrons. The van der Waals surface area contributed by atoms with Crippen LogP contribution < -0.4 is 0 Å². The fourth-order valence-electron chi connectivity index (χ4n) is 1.82. The maximum absolute atomic E-state index is 14.0. The number of hydrogen-bond donors (Lipinski definition) is 1. The molecule has 0 bridgehead atoms. The molecule has 0 amide bonds. The minimum atomic E-state index is -0.950. The van der Waals surface area contributed by atoms with Gasteiger partial charge in [0.25, 0.3) is 0 Å². The smallest absolute Gasteiger partial charge is 0.313 e. The molecule has 1 N–H and O–H groups in total. The molecular formula is C13H13ClFN3O2S. The molecule has 2 aromatic rings. The van der Waals surface area contributed by atoms with Crippen molar-refractivity contribution in [1.29, 1.82) is 0 Å². The van der Waals surface area contributed by atoms with E-state index >= 15 is 0 Å². The van der Waals surface area contributed by atoms with Crippen molar-refractivity contribution in [2.75, 3.05) is 5.75 Å². The SMILES string of the molecule is CC(C)n1c(SCC(=O)O)nnc1-c1cc(Cl)ccc1F. The van der Waals surface area contributed by atoms with E-state index in [1.54, 1.807) is 4.57 Å². The Hall–Kier alpha value is -1.60. The number of nitrogens with zero attached hydrogens (tertiary/aromatic N) is 3. The number of hydrogen-bond acceptors (Lipinski definition) is 4. The van der Waals surface area contributed by atoms with Gasteiger partial charge in [-0.3, -0.25) is 9.36 Å². The molecule has 112 valence electrons. The van der Waals surface area contributed by atoms with Crippen LogP contribution in [0.1, 0.15) is 19.9 Å². The first kappa shape index (κ1) is 15.8. The molecule has 2 rings (SSSR count). The van der Waals surface area contributed by atoms with Gasteiger partial charge < -0.3 is 5.11 Å². The Morgan fingerprint density at radius 3 is 2.81 bits per heavy atom. The highest BCUT2D eigenvalue weighted by Crippen LogP contribution is 2.30. The van der Waals surface area contributed by atoms with Crippen molar-refractivity contribution in [3.63, 3.8) is 0 Å². The van der Waals surface area contributed by atoms with E-state index in [0.29, 0.717) is 16.0 Å². The summed E-state index contributed by atoms with van der Waals surface area (Å²) in [6.45, 7) is 3.78. The van der Waals surface area contributed by atoms with Gasteiger partial charge in [-0.15, -0.1) is 10.2 Å². The van der Waals surface area contributed by atoms with Gasteiger partial charge in [-0.1, -0.05) is 23.4 Å². The third-order valence-corrected chi connectivity index (χ3v) is 3.84. The lowest BCUT2D eigenvalue weighted by atomic mass is 10.2. The molecule has 8 heteroatoms. The number of carboxylic acid groups (broad SMARTS) is 1. The quantitative estimate of drug-likeness (QED) is 0.850. The largest absolute Gasteiger partial charge is 0.481 e. The second kappa shape index (κ2) is 6.44.